The largest absolute Gasteiger partial charge is 0.357 e. The van der Waals surface area contributed by atoms with Crippen LogP contribution in [0.25, 0.3) is 4.96 Å². The Hall–Kier alpha value is -2.32. The van der Waals surface area contributed by atoms with E-state index in [9.17, 15) is 0 Å². The highest BCUT2D eigenvalue weighted by Gasteiger charge is 2.25. The summed E-state index contributed by atoms with van der Waals surface area (Å²) in [5.41, 5.74) is 0.965. The van der Waals surface area contributed by atoms with E-state index in [1.807, 2.05) is 34.3 Å². The number of aliphatic imine (C=N–C) groups is 1. The first kappa shape index (κ1) is 18.1. The van der Waals surface area contributed by atoms with Gasteiger partial charge in [-0.15, -0.1) is 11.3 Å². The van der Waals surface area contributed by atoms with Crippen LogP contribution < -0.4 is 15.5 Å². The number of aromatic nitrogens is 3. The SMILES string of the molecule is CCNC(=NCc1cn2ccsc2n1)NC1CCN(c2ncccc2Cl)C1. The minimum atomic E-state index is 0.298. The fourth-order valence-electron chi connectivity index (χ4n) is 3.21. The van der Waals surface area contributed by atoms with Gasteiger partial charge in [0.15, 0.2) is 10.9 Å². The lowest BCUT2D eigenvalue weighted by Crippen LogP contribution is -2.44. The van der Waals surface area contributed by atoms with Crippen LogP contribution in [0.5, 0.6) is 0 Å². The minimum absolute atomic E-state index is 0.298. The fraction of sp³-hybridized carbons (Fsp3) is 0.389. The second-order valence-corrected chi connectivity index (χ2v) is 7.69. The highest BCUT2D eigenvalue weighted by molar-refractivity contribution is 7.15. The first-order chi connectivity index (χ1) is 13.2. The average molecular weight is 404 g/mol. The Kier molecular flexibility index (Phi) is 5.45. The molecule has 7 nitrogen and oxygen atoms in total. The molecule has 0 aliphatic carbocycles. The number of anilines is 1. The van der Waals surface area contributed by atoms with E-state index in [4.69, 9.17) is 16.6 Å². The Morgan fingerprint density at radius 1 is 1.48 bits per heavy atom. The van der Waals surface area contributed by atoms with Gasteiger partial charge in [0.25, 0.3) is 0 Å². The Bertz CT molecular complexity index is 906. The number of nitrogens with one attached hydrogen (secondary N) is 2. The number of imidazole rings is 1. The predicted octanol–water partition coefficient (Wildman–Crippen LogP) is 2.78. The van der Waals surface area contributed by atoms with E-state index in [0.29, 0.717) is 17.6 Å². The van der Waals surface area contributed by atoms with Crippen LogP contribution in [0, 0.1) is 0 Å². The molecule has 0 spiro atoms. The number of guanidine groups is 1. The van der Waals surface area contributed by atoms with Crippen LogP contribution in [-0.2, 0) is 6.54 Å². The summed E-state index contributed by atoms with van der Waals surface area (Å²) in [6.45, 7) is 5.20. The van der Waals surface area contributed by atoms with Gasteiger partial charge in [-0.25, -0.2) is 15.0 Å². The highest BCUT2D eigenvalue weighted by atomic mass is 35.5. The topological polar surface area (TPSA) is 69.8 Å². The molecular formula is C18H22ClN7S. The maximum atomic E-state index is 6.28. The highest BCUT2D eigenvalue weighted by Crippen LogP contribution is 2.25. The van der Waals surface area contributed by atoms with Gasteiger partial charge in [0.05, 0.1) is 17.3 Å². The molecule has 0 amide bonds. The maximum absolute atomic E-state index is 6.28. The van der Waals surface area contributed by atoms with E-state index >= 15 is 0 Å². The Balaban J connectivity index is 1.39. The zero-order valence-electron chi connectivity index (χ0n) is 15.1. The molecule has 0 bridgehead atoms. The van der Waals surface area contributed by atoms with Crippen molar-refractivity contribution in [1.82, 2.24) is 25.0 Å². The van der Waals surface area contributed by atoms with Crippen molar-refractivity contribution >= 4 is 39.7 Å². The van der Waals surface area contributed by atoms with Crippen molar-refractivity contribution in [2.24, 2.45) is 4.99 Å². The molecule has 1 saturated heterocycles. The third-order valence-corrected chi connectivity index (χ3v) is 5.52. The quantitative estimate of drug-likeness (QED) is 0.506. The van der Waals surface area contributed by atoms with Gasteiger partial charge in [0.1, 0.15) is 5.82 Å². The first-order valence-electron chi connectivity index (χ1n) is 9.04. The third kappa shape index (κ3) is 4.17. The van der Waals surface area contributed by atoms with Crippen LogP contribution in [0.1, 0.15) is 19.0 Å². The molecule has 1 aliphatic rings. The monoisotopic (exact) mass is 403 g/mol. The molecule has 0 radical (unpaired) electrons. The molecule has 3 aromatic rings. The summed E-state index contributed by atoms with van der Waals surface area (Å²) in [5.74, 6) is 1.66. The van der Waals surface area contributed by atoms with Gasteiger partial charge in [-0.3, -0.25) is 4.40 Å². The summed E-state index contributed by atoms with van der Waals surface area (Å²) in [7, 11) is 0. The van der Waals surface area contributed by atoms with Gasteiger partial charge in [-0.05, 0) is 25.5 Å². The van der Waals surface area contributed by atoms with Crippen molar-refractivity contribution in [2.45, 2.75) is 25.9 Å². The molecule has 1 unspecified atom stereocenters. The Morgan fingerprint density at radius 3 is 3.22 bits per heavy atom. The van der Waals surface area contributed by atoms with E-state index < -0.39 is 0 Å². The van der Waals surface area contributed by atoms with Crippen LogP contribution >= 0.6 is 22.9 Å². The molecule has 4 heterocycles. The molecular weight excluding hydrogens is 382 g/mol. The number of fused-ring (bicyclic) bond motifs is 1. The van der Waals surface area contributed by atoms with Crippen molar-refractivity contribution in [1.29, 1.82) is 0 Å². The van der Waals surface area contributed by atoms with Crippen molar-refractivity contribution in [3.05, 3.63) is 46.8 Å². The van der Waals surface area contributed by atoms with Gasteiger partial charge < -0.3 is 15.5 Å². The second kappa shape index (κ2) is 8.14. The number of halogens is 1. The average Bonchev–Trinajstić information content (AvgIpc) is 3.36. The molecule has 2 N–H and O–H groups in total. The zero-order chi connectivity index (χ0) is 18.6. The molecule has 1 aliphatic heterocycles. The summed E-state index contributed by atoms with van der Waals surface area (Å²) in [6, 6.07) is 4.03. The van der Waals surface area contributed by atoms with E-state index in [2.05, 4.69) is 32.4 Å². The molecule has 9 heteroatoms. The summed E-state index contributed by atoms with van der Waals surface area (Å²) < 4.78 is 2.03. The molecule has 1 fully saturated rings. The number of pyridine rings is 1. The van der Waals surface area contributed by atoms with E-state index in [1.54, 1.807) is 17.5 Å². The normalized spacial score (nSPS) is 17.6. The number of thiazole rings is 1. The Labute approximate surface area is 167 Å². The van der Waals surface area contributed by atoms with Gasteiger partial charge in [0, 0.05) is 49.6 Å². The summed E-state index contributed by atoms with van der Waals surface area (Å²) in [4.78, 5) is 16.9. The lowest BCUT2D eigenvalue weighted by atomic mass is 10.3. The summed E-state index contributed by atoms with van der Waals surface area (Å²) in [5, 5.41) is 9.57. The molecule has 0 aromatic carbocycles. The number of hydrogen-bond acceptors (Lipinski definition) is 5. The van der Waals surface area contributed by atoms with Crippen molar-refractivity contribution in [3.63, 3.8) is 0 Å². The Morgan fingerprint density at radius 2 is 2.41 bits per heavy atom. The summed E-state index contributed by atoms with van der Waals surface area (Å²) >= 11 is 7.91. The van der Waals surface area contributed by atoms with E-state index in [-0.39, 0.29) is 0 Å². The smallest absolute Gasteiger partial charge is 0.193 e. The molecule has 1 atom stereocenters. The molecule has 27 heavy (non-hydrogen) atoms. The molecule has 142 valence electrons. The van der Waals surface area contributed by atoms with Crippen LogP contribution in [0.3, 0.4) is 0 Å². The van der Waals surface area contributed by atoms with Crippen molar-refractivity contribution in [2.75, 3.05) is 24.5 Å². The predicted molar refractivity (Wildman–Crippen MR) is 111 cm³/mol. The second-order valence-electron chi connectivity index (χ2n) is 6.41. The van der Waals surface area contributed by atoms with E-state index in [0.717, 1.165) is 48.5 Å². The molecule has 4 rings (SSSR count). The number of hydrogen-bond donors (Lipinski definition) is 2. The summed E-state index contributed by atoms with van der Waals surface area (Å²) in [6.07, 6.45) is 6.83. The number of rotatable bonds is 5. The van der Waals surface area contributed by atoms with Crippen molar-refractivity contribution in [3.8, 4) is 0 Å². The maximum Gasteiger partial charge on any atom is 0.193 e. The zero-order valence-corrected chi connectivity index (χ0v) is 16.7. The number of nitrogens with zero attached hydrogens (tertiary/aromatic N) is 5. The van der Waals surface area contributed by atoms with Crippen LogP contribution in [0.2, 0.25) is 5.02 Å². The minimum Gasteiger partial charge on any atom is -0.357 e. The lowest BCUT2D eigenvalue weighted by molar-refractivity contribution is 0.648. The van der Waals surface area contributed by atoms with Gasteiger partial charge in [-0.2, -0.15) is 0 Å². The van der Waals surface area contributed by atoms with Crippen molar-refractivity contribution < 1.29 is 0 Å². The standard InChI is InChI=1S/C18H22ClN7S/c1-2-20-17(22-10-14-12-26-8-9-27-18(26)24-14)23-13-5-7-25(11-13)16-15(19)4-3-6-21-16/h3-4,6,8-9,12-13H,2,5,7,10-11H2,1H3,(H2,20,22,23). The van der Waals surface area contributed by atoms with Crippen LogP contribution in [0.15, 0.2) is 41.1 Å². The van der Waals surface area contributed by atoms with Gasteiger partial charge in [-0.1, -0.05) is 11.6 Å². The van der Waals surface area contributed by atoms with Crippen LogP contribution in [0.4, 0.5) is 5.82 Å². The third-order valence-electron chi connectivity index (χ3n) is 4.45. The fourth-order valence-corrected chi connectivity index (χ4v) is 4.17. The molecule has 3 aromatic heterocycles. The lowest BCUT2D eigenvalue weighted by Gasteiger charge is -2.20. The van der Waals surface area contributed by atoms with E-state index in [1.165, 1.54) is 0 Å². The first-order valence-corrected chi connectivity index (χ1v) is 10.3. The van der Waals surface area contributed by atoms with Gasteiger partial charge >= 0.3 is 0 Å². The van der Waals surface area contributed by atoms with Crippen LogP contribution in [-0.4, -0.2) is 46.0 Å². The van der Waals surface area contributed by atoms with Gasteiger partial charge in [0.2, 0.25) is 0 Å². The molecule has 0 saturated carbocycles.